The molecule has 0 aromatic carbocycles. The number of aryl methyl sites for hydroxylation is 1. The number of hydrogen-bond acceptors (Lipinski definition) is 7. The van der Waals surface area contributed by atoms with Crippen LogP contribution in [0.1, 0.15) is 32.4 Å². The summed E-state index contributed by atoms with van der Waals surface area (Å²) in [5, 5.41) is 1.72. The molecule has 1 fully saturated rings. The van der Waals surface area contributed by atoms with Gasteiger partial charge in [-0.25, -0.2) is 8.42 Å². The van der Waals surface area contributed by atoms with Gasteiger partial charge in [-0.1, -0.05) is 11.3 Å². The maximum atomic E-state index is 12.5. The molecule has 146 valence electrons. The molecule has 0 N–H and O–H groups in total. The van der Waals surface area contributed by atoms with Gasteiger partial charge in [0.05, 0.1) is 17.9 Å². The van der Waals surface area contributed by atoms with Gasteiger partial charge < -0.3 is 14.2 Å². The first-order chi connectivity index (χ1) is 12.1. The van der Waals surface area contributed by atoms with Crippen LogP contribution in [-0.2, 0) is 30.7 Å². The Kier molecular flexibility index (Phi) is 6.62. The minimum Gasteiger partial charge on any atom is -0.452 e. The van der Waals surface area contributed by atoms with Gasteiger partial charge in [0.15, 0.2) is 15.9 Å². The number of thiazole rings is 1. The summed E-state index contributed by atoms with van der Waals surface area (Å²) in [4.78, 5) is 37.5. The average molecular weight is 405 g/mol. The molecule has 1 aromatic heterocycles. The molecule has 0 saturated carbocycles. The van der Waals surface area contributed by atoms with Crippen molar-refractivity contribution in [3.05, 3.63) is 20.7 Å². The van der Waals surface area contributed by atoms with E-state index in [1.54, 1.807) is 19.2 Å². The van der Waals surface area contributed by atoms with E-state index in [2.05, 4.69) is 0 Å². The van der Waals surface area contributed by atoms with Crippen molar-refractivity contribution in [3.63, 3.8) is 0 Å². The highest BCUT2D eigenvalue weighted by Gasteiger charge is 2.36. The van der Waals surface area contributed by atoms with Crippen molar-refractivity contribution < 1.29 is 22.7 Å². The molecule has 1 aromatic rings. The van der Waals surface area contributed by atoms with Gasteiger partial charge in [0, 0.05) is 30.2 Å². The number of rotatable bonds is 7. The smallest absolute Gasteiger partial charge is 0.308 e. The number of esters is 1. The van der Waals surface area contributed by atoms with E-state index in [0.717, 1.165) is 17.0 Å². The van der Waals surface area contributed by atoms with Gasteiger partial charge in [-0.15, -0.1) is 0 Å². The lowest BCUT2D eigenvalue weighted by Crippen LogP contribution is -2.46. The molecule has 2 rings (SSSR count). The zero-order valence-corrected chi connectivity index (χ0v) is 16.8. The fourth-order valence-electron chi connectivity index (χ4n) is 3.03. The highest BCUT2D eigenvalue weighted by atomic mass is 32.2. The van der Waals surface area contributed by atoms with Crippen LogP contribution in [0.3, 0.4) is 0 Å². The fourth-order valence-corrected chi connectivity index (χ4v) is 5.52. The number of ether oxygens (including phenoxy) is 1. The second-order valence-electron chi connectivity index (χ2n) is 6.36. The van der Waals surface area contributed by atoms with E-state index in [-0.39, 0.29) is 35.4 Å². The lowest BCUT2D eigenvalue weighted by Gasteiger charge is -2.29. The normalized spacial score (nSPS) is 19.9. The Hall–Kier alpha value is -1.68. The Labute approximate surface area is 156 Å². The molecule has 1 aliphatic rings. The predicted octanol–water partition coefficient (Wildman–Crippen LogP) is 0.576. The lowest BCUT2D eigenvalue weighted by atomic mass is 10.2. The number of carbonyl (C=O) groups excluding carboxylic acids is 2. The molecule has 1 aliphatic heterocycles. The summed E-state index contributed by atoms with van der Waals surface area (Å²) in [6.07, 6.45) is -0.604. The number of sulfone groups is 1. The van der Waals surface area contributed by atoms with E-state index >= 15 is 0 Å². The molecule has 2 atom stereocenters. The summed E-state index contributed by atoms with van der Waals surface area (Å²) in [6.45, 7) is 5.58. The van der Waals surface area contributed by atoms with Crippen LogP contribution in [0.2, 0.25) is 0 Å². The highest BCUT2D eigenvalue weighted by molar-refractivity contribution is 7.91. The molecule has 0 bridgehead atoms. The van der Waals surface area contributed by atoms with E-state index in [1.807, 2.05) is 0 Å². The van der Waals surface area contributed by atoms with Crippen molar-refractivity contribution in [2.24, 2.45) is 0 Å². The zero-order chi connectivity index (χ0) is 19.5. The molecule has 0 radical (unpaired) electrons. The predicted molar refractivity (Wildman–Crippen MR) is 97.9 cm³/mol. The van der Waals surface area contributed by atoms with Crippen LogP contribution in [0, 0.1) is 6.92 Å². The first kappa shape index (κ1) is 20.6. The molecule has 8 nitrogen and oxygen atoms in total. The average Bonchev–Trinajstić information content (AvgIpc) is 3.08. The van der Waals surface area contributed by atoms with Gasteiger partial charge in [-0.3, -0.25) is 14.4 Å². The van der Waals surface area contributed by atoms with Gasteiger partial charge in [0.1, 0.15) is 0 Å². The van der Waals surface area contributed by atoms with Gasteiger partial charge in [0.25, 0.3) is 5.91 Å². The van der Waals surface area contributed by atoms with Gasteiger partial charge in [-0.2, -0.15) is 0 Å². The second-order valence-corrected chi connectivity index (χ2v) is 9.41. The molecule has 2 unspecified atom stereocenters. The Morgan fingerprint density at radius 3 is 2.65 bits per heavy atom. The maximum absolute atomic E-state index is 12.5. The summed E-state index contributed by atoms with van der Waals surface area (Å²) in [7, 11) is -3.11. The first-order valence-electron chi connectivity index (χ1n) is 8.50. The summed E-state index contributed by atoms with van der Waals surface area (Å²) in [5.41, 5.74) is 0.775. The Morgan fingerprint density at radius 1 is 1.46 bits per heavy atom. The molecule has 2 heterocycles. The Bertz CT molecular complexity index is 826. The van der Waals surface area contributed by atoms with Gasteiger partial charge in [-0.05, 0) is 27.2 Å². The van der Waals surface area contributed by atoms with Crippen LogP contribution >= 0.6 is 11.3 Å². The number of amides is 1. The van der Waals surface area contributed by atoms with Crippen LogP contribution in [0.15, 0.2) is 10.2 Å². The highest BCUT2D eigenvalue weighted by Crippen LogP contribution is 2.19. The van der Waals surface area contributed by atoms with Crippen LogP contribution in [0.4, 0.5) is 0 Å². The molecule has 1 saturated heterocycles. The molecule has 1 amide bonds. The minimum absolute atomic E-state index is 0.0148. The zero-order valence-electron chi connectivity index (χ0n) is 15.1. The number of nitrogens with zero attached hydrogens (tertiary/aromatic N) is 2. The van der Waals surface area contributed by atoms with E-state index in [4.69, 9.17) is 4.74 Å². The largest absolute Gasteiger partial charge is 0.452 e. The molecule has 26 heavy (non-hydrogen) atoms. The summed E-state index contributed by atoms with van der Waals surface area (Å²) >= 11 is 1.07. The van der Waals surface area contributed by atoms with E-state index in [9.17, 15) is 22.8 Å². The van der Waals surface area contributed by atoms with Crippen molar-refractivity contribution in [3.8, 4) is 0 Å². The third kappa shape index (κ3) is 4.94. The van der Waals surface area contributed by atoms with Crippen molar-refractivity contribution in [2.45, 2.75) is 52.3 Å². The fraction of sp³-hybridized carbons (Fsp3) is 0.688. The molecular weight excluding hydrogens is 380 g/mol. The number of carbonyl (C=O) groups is 2. The quantitative estimate of drug-likeness (QED) is 0.616. The van der Waals surface area contributed by atoms with Crippen LogP contribution in [0.5, 0.6) is 0 Å². The third-order valence-electron chi connectivity index (χ3n) is 4.44. The summed E-state index contributed by atoms with van der Waals surface area (Å²) in [6, 6.07) is -0.370. The topological polar surface area (TPSA) is 103 Å². The van der Waals surface area contributed by atoms with Crippen molar-refractivity contribution in [1.29, 1.82) is 0 Å². The standard InChI is InChI=1S/C16H24N2O6S2/c1-4-17(13-6-8-26(22,23)10-13)15(20)12(3)24-14(19)5-7-18-11(2)9-25-16(18)21/h9,12-13H,4-8,10H2,1-3H3. The molecule has 0 spiro atoms. The summed E-state index contributed by atoms with van der Waals surface area (Å²) < 4.78 is 29.9. The van der Waals surface area contributed by atoms with Crippen molar-refractivity contribution >= 4 is 33.1 Å². The Balaban J connectivity index is 1.90. The van der Waals surface area contributed by atoms with Gasteiger partial charge >= 0.3 is 10.8 Å². The van der Waals surface area contributed by atoms with E-state index in [0.29, 0.717) is 13.0 Å². The van der Waals surface area contributed by atoms with E-state index in [1.165, 1.54) is 16.4 Å². The molecule has 0 aliphatic carbocycles. The SMILES string of the molecule is CCN(C(=O)C(C)OC(=O)CCn1c(C)csc1=O)C1CCS(=O)(=O)C1. The maximum Gasteiger partial charge on any atom is 0.308 e. The first-order valence-corrected chi connectivity index (χ1v) is 11.2. The van der Waals surface area contributed by atoms with Crippen molar-refractivity contribution in [2.75, 3.05) is 18.1 Å². The van der Waals surface area contributed by atoms with Crippen molar-refractivity contribution in [1.82, 2.24) is 9.47 Å². The number of aromatic nitrogens is 1. The van der Waals surface area contributed by atoms with Gasteiger partial charge in [0.2, 0.25) is 0 Å². The van der Waals surface area contributed by atoms with Crippen LogP contribution in [0.25, 0.3) is 0 Å². The van der Waals surface area contributed by atoms with E-state index < -0.39 is 27.8 Å². The molecule has 10 heteroatoms. The number of likely N-dealkylation sites (N-methyl/N-ethyl adjacent to an activating group) is 1. The third-order valence-corrected chi connectivity index (χ3v) is 7.08. The number of hydrogen-bond donors (Lipinski definition) is 0. The summed E-state index contributed by atoms with van der Waals surface area (Å²) in [5.74, 6) is -0.942. The lowest BCUT2D eigenvalue weighted by molar-refractivity contribution is -0.160. The van der Waals surface area contributed by atoms with Crippen LogP contribution < -0.4 is 4.87 Å². The monoisotopic (exact) mass is 404 g/mol. The van der Waals surface area contributed by atoms with Crippen LogP contribution in [-0.4, -0.2) is 60.0 Å². The molecular formula is C16H24N2O6S2. The minimum atomic E-state index is -3.11. The Morgan fingerprint density at radius 2 is 2.15 bits per heavy atom. The second kappa shape index (κ2) is 8.34.